The first kappa shape index (κ1) is 16.0. The van der Waals surface area contributed by atoms with Crippen LogP contribution in [0.5, 0.6) is 0 Å². The van der Waals surface area contributed by atoms with Crippen molar-refractivity contribution in [2.45, 2.75) is 26.4 Å². The second kappa shape index (κ2) is 7.11. The lowest BCUT2D eigenvalue weighted by atomic mass is 10.1. The Hall–Kier alpha value is -1.91. The van der Waals surface area contributed by atoms with Crippen LogP contribution >= 0.6 is 11.6 Å². The second-order valence-corrected chi connectivity index (χ2v) is 6.09. The Morgan fingerprint density at radius 1 is 1.30 bits per heavy atom. The van der Waals surface area contributed by atoms with Gasteiger partial charge in [0.15, 0.2) is 0 Å². The molecule has 0 amide bonds. The molecule has 0 atom stereocenters. The minimum Gasteiger partial charge on any atom is -0.461 e. The van der Waals surface area contributed by atoms with Crippen LogP contribution in [0, 0.1) is 0 Å². The summed E-state index contributed by atoms with van der Waals surface area (Å²) in [7, 11) is 0. The van der Waals surface area contributed by atoms with E-state index in [1.54, 1.807) is 13.1 Å². The van der Waals surface area contributed by atoms with Crippen molar-refractivity contribution in [3.8, 4) is 0 Å². The van der Waals surface area contributed by atoms with Gasteiger partial charge < -0.3 is 4.74 Å². The van der Waals surface area contributed by atoms with Gasteiger partial charge >= 0.3 is 5.97 Å². The van der Waals surface area contributed by atoms with Gasteiger partial charge in [0, 0.05) is 30.9 Å². The number of pyridine rings is 1. The van der Waals surface area contributed by atoms with Gasteiger partial charge in [-0.3, -0.25) is 4.90 Å². The van der Waals surface area contributed by atoms with Crippen molar-refractivity contribution in [2.75, 3.05) is 13.2 Å². The molecule has 0 aliphatic carbocycles. The van der Waals surface area contributed by atoms with E-state index in [-0.39, 0.29) is 5.97 Å². The summed E-state index contributed by atoms with van der Waals surface area (Å²) < 4.78 is 5.00. The van der Waals surface area contributed by atoms with Gasteiger partial charge in [-0.1, -0.05) is 23.7 Å². The number of halogens is 1. The number of rotatable bonds is 5. The van der Waals surface area contributed by atoms with E-state index < -0.39 is 0 Å². The topological polar surface area (TPSA) is 42.4 Å². The van der Waals surface area contributed by atoms with Crippen molar-refractivity contribution >= 4 is 17.6 Å². The number of hydrogen-bond acceptors (Lipinski definition) is 4. The van der Waals surface area contributed by atoms with Crippen molar-refractivity contribution in [1.29, 1.82) is 0 Å². The van der Waals surface area contributed by atoms with E-state index in [4.69, 9.17) is 16.3 Å². The Bertz CT molecular complexity index is 718. The molecule has 2 aromatic rings. The van der Waals surface area contributed by atoms with Crippen molar-refractivity contribution in [3.63, 3.8) is 0 Å². The van der Waals surface area contributed by atoms with Crippen LogP contribution in [-0.2, 0) is 24.2 Å². The third kappa shape index (κ3) is 3.89. The number of esters is 1. The fourth-order valence-electron chi connectivity index (χ4n) is 2.81. The van der Waals surface area contributed by atoms with Gasteiger partial charge in [0.1, 0.15) is 5.69 Å². The van der Waals surface area contributed by atoms with Crippen molar-refractivity contribution in [1.82, 2.24) is 9.88 Å². The van der Waals surface area contributed by atoms with E-state index in [0.29, 0.717) is 12.3 Å². The molecule has 0 spiro atoms. The smallest absolute Gasteiger partial charge is 0.356 e. The normalized spacial score (nSPS) is 13.8. The van der Waals surface area contributed by atoms with E-state index in [0.717, 1.165) is 36.6 Å². The summed E-state index contributed by atoms with van der Waals surface area (Å²) in [4.78, 5) is 18.3. The SMILES string of the molecule is CCOC(=O)c1cc2c(cn1)CN(CCc1cccc(Cl)c1)C2. The molecule has 23 heavy (non-hydrogen) atoms. The minimum atomic E-state index is -0.354. The van der Waals surface area contributed by atoms with E-state index in [1.165, 1.54) is 11.1 Å². The van der Waals surface area contributed by atoms with Crippen molar-refractivity contribution in [2.24, 2.45) is 0 Å². The molecular formula is C18H19ClN2O2. The average Bonchev–Trinajstić information content (AvgIpc) is 2.95. The third-order valence-corrected chi connectivity index (χ3v) is 4.20. The first-order valence-electron chi connectivity index (χ1n) is 7.77. The van der Waals surface area contributed by atoms with Gasteiger partial charge in [-0.2, -0.15) is 0 Å². The van der Waals surface area contributed by atoms with E-state index in [9.17, 15) is 4.79 Å². The van der Waals surface area contributed by atoms with Gasteiger partial charge in [0.05, 0.1) is 6.61 Å². The molecule has 0 unspecified atom stereocenters. The molecule has 1 aromatic heterocycles. The zero-order chi connectivity index (χ0) is 16.2. The molecular weight excluding hydrogens is 312 g/mol. The van der Waals surface area contributed by atoms with E-state index in [1.807, 2.05) is 24.3 Å². The molecule has 0 saturated heterocycles. The zero-order valence-electron chi connectivity index (χ0n) is 13.1. The van der Waals surface area contributed by atoms with Crippen LogP contribution in [-0.4, -0.2) is 29.0 Å². The summed E-state index contributed by atoms with van der Waals surface area (Å²) in [6.45, 7) is 4.81. The monoisotopic (exact) mass is 330 g/mol. The van der Waals surface area contributed by atoms with Crippen LogP contribution in [0.15, 0.2) is 36.5 Å². The van der Waals surface area contributed by atoms with Crippen molar-refractivity contribution in [3.05, 3.63) is 63.9 Å². The van der Waals surface area contributed by atoms with Gasteiger partial charge in [0.2, 0.25) is 0 Å². The summed E-state index contributed by atoms with van der Waals surface area (Å²) in [5, 5.41) is 0.774. The molecule has 0 N–H and O–H groups in total. The molecule has 2 heterocycles. The molecule has 0 saturated carbocycles. The summed E-state index contributed by atoms with van der Waals surface area (Å²) in [6, 6.07) is 9.82. The van der Waals surface area contributed by atoms with Crippen LogP contribution in [0.3, 0.4) is 0 Å². The molecule has 1 aliphatic heterocycles. The van der Waals surface area contributed by atoms with Gasteiger partial charge in [0.25, 0.3) is 0 Å². The third-order valence-electron chi connectivity index (χ3n) is 3.96. The Balaban J connectivity index is 1.61. The first-order chi connectivity index (χ1) is 11.2. The predicted molar refractivity (Wildman–Crippen MR) is 89.5 cm³/mol. The number of ether oxygens (including phenoxy) is 1. The Morgan fingerprint density at radius 3 is 2.91 bits per heavy atom. The number of aromatic nitrogens is 1. The highest BCUT2D eigenvalue weighted by molar-refractivity contribution is 6.30. The molecule has 1 aliphatic rings. The largest absolute Gasteiger partial charge is 0.461 e. The Morgan fingerprint density at radius 2 is 2.13 bits per heavy atom. The lowest BCUT2D eigenvalue weighted by Crippen LogP contribution is -2.19. The highest BCUT2D eigenvalue weighted by Gasteiger charge is 2.21. The van der Waals surface area contributed by atoms with Crippen LogP contribution in [0.4, 0.5) is 0 Å². The Kier molecular flexibility index (Phi) is 4.94. The molecule has 120 valence electrons. The lowest BCUT2D eigenvalue weighted by Gasteiger charge is -2.14. The maximum absolute atomic E-state index is 11.8. The summed E-state index contributed by atoms with van der Waals surface area (Å²) >= 11 is 6.02. The van der Waals surface area contributed by atoms with Crippen LogP contribution in [0.2, 0.25) is 5.02 Å². The fourth-order valence-corrected chi connectivity index (χ4v) is 3.02. The summed E-state index contributed by atoms with van der Waals surface area (Å²) in [5.41, 5.74) is 3.97. The molecule has 3 rings (SSSR count). The van der Waals surface area contributed by atoms with E-state index >= 15 is 0 Å². The van der Waals surface area contributed by atoms with Crippen LogP contribution in [0.1, 0.15) is 34.1 Å². The standard InChI is InChI=1S/C18H19ClN2O2/c1-2-23-18(22)17-9-14-11-21(12-15(14)10-20-17)7-6-13-4-3-5-16(19)8-13/h3-5,8-10H,2,6-7,11-12H2,1H3. The number of benzene rings is 1. The number of fused-ring (bicyclic) bond motifs is 1. The highest BCUT2D eigenvalue weighted by Crippen LogP contribution is 2.23. The average molecular weight is 331 g/mol. The summed E-state index contributed by atoms with van der Waals surface area (Å²) in [5.74, 6) is -0.354. The van der Waals surface area contributed by atoms with Crippen LogP contribution in [0.25, 0.3) is 0 Å². The number of carbonyl (C=O) groups excluding carboxylic acids is 1. The quantitative estimate of drug-likeness (QED) is 0.787. The fraction of sp³-hybridized carbons (Fsp3) is 0.333. The highest BCUT2D eigenvalue weighted by atomic mass is 35.5. The first-order valence-corrected chi connectivity index (χ1v) is 8.15. The van der Waals surface area contributed by atoms with Gasteiger partial charge in [-0.25, -0.2) is 9.78 Å². The number of hydrogen-bond donors (Lipinski definition) is 0. The second-order valence-electron chi connectivity index (χ2n) is 5.65. The maximum Gasteiger partial charge on any atom is 0.356 e. The molecule has 5 heteroatoms. The zero-order valence-corrected chi connectivity index (χ0v) is 13.8. The lowest BCUT2D eigenvalue weighted by molar-refractivity contribution is 0.0519. The van der Waals surface area contributed by atoms with Gasteiger partial charge in [-0.05, 0) is 48.2 Å². The predicted octanol–water partition coefficient (Wildman–Crippen LogP) is 3.47. The molecule has 1 aromatic carbocycles. The molecule has 0 fully saturated rings. The maximum atomic E-state index is 11.8. The molecule has 4 nitrogen and oxygen atoms in total. The number of carbonyl (C=O) groups is 1. The van der Waals surface area contributed by atoms with Crippen molar-refractivity contribution < 1.29 is 9.53 Å². The van der Waals surface area contributed by atoms with E-state index in [2.05, 4.69) is 16.0 Å². The summed E-state index contributed by atoms with van der Waals surface area (Å²) in [6.07, 6.45) is 2.74. The van der Waals surface area contributed by atoms with Gasteiger partial charge in [-0.15, -0.1) is 0 Å². The minimum absolute atomic E-state index is 0.354. The molecule has 0 radical (unpaired) electrons. The molecule has 0 bridgehead atoms. The number of nitrogens with zero attached hydrogens (tertiary/aromatic N) is 2. The Labute approximate surface area is 141 Å². The van der Waals surface area contributed by atoms with Crippen LogP contribution < -0.4 is 0 Å².